The van der Waals surface area contributed by atoms with Gasteiger partial charge in [-0.3, -0.25) is 4.79 Å². The lowest BCUT2D eigenvalue weighted by molar-refractivity contribution is -0.116. The summed E-state index contributed by atoms with van der Waals surface area (Å²) < 4.78 is 16.2. The van der Waals surface area contributed by atoms with Gasteiger partial charge in [0.05, 0.1) is 17.6 Å². The number of rotatable bonds is 7. The molecular weight excluding hydrogens is 377 g/mol. The van der Waals surface area contributed by atoms with Crippen LogP contribution in [0.4, 0.5) is 4.39 Å². The van der Waals surface area contributed by atoms with Gasteiger partial charge in [-0.25, -0.2) is 9.37 Å². The highest BCUT2D eigenvalue weighted by atomic mass is 19.1. The summed E-state index contributed by atoms with van der Waals surface area (Å²) in [7, 11) is 0. The van der Waals surface area contributed by atoms with Crippen LogP contribution in [-0.2, 0) is 17.8 Å². The number of imidazole rings is 1. The van der Waals surface area contributed by atoms with Crippen LogP contribution in [0, 0.1) is 5.82 Å². The maximum atomic E-state index is 14.2. The van der Waals surface area contributed by atoms with E-state index in [1.807, 2.05) is 65.2 Å². The highest BCUT2D eigenvalue weighted by Gasteiger charge is 2.12. The Bertz CT molecular complexity index is 1180. The molecule has 0 fully saturated rings. The standard InChI is InChI=1S/C25H22FN3O/c26-21-11-5-4-10-20(21)18-29-23-13-7-6-12-22(23)28-24(29)16-17-27-25(30)15-14-19-8-2-1-3-9-19/h1-15H,16-18H2,(H,27,30)/b15-14+. The minimum Gasteiger partial charge on any atom is -0.352 e. The number of nitrogens with zero attached hydrogens (tertiary/aromatic N) is 2. The molecule has 0 aliphatic rings. The van der Waals surface area contributed by atoms with Crippen molar-refractivity contribution < 1.29 is 9.18 Å². The third kappa shape index (κ3) is 4.63. The maximum Gasteiger partial charge on any atom is 0.244 e. The second-order valence-corrected chi connectivity index (χ2v) is 6.98. The van der Waals surface area contributed by atoms with E-state index in [1.54, 1.807) is 18.2 Å². The molecule has 4 rings (SSSR count). The highest BCUT2D eigenvalue weighted by Crippen LogP contribution is 2.19. The van der Waals surface area contributed by atoms with Crippen LogP contribution in [0.1, 0.15) is 17.0 Å². The van der Waals surface area contributed by atoms with Crippen LogP contribution in [0.5, 0.6) is 0 Å². The number of aromatic nitrogens is 2. The van der Waals surface area contributed by atoms with Crippen molar-refractivity contribution in [1.82, 2.24) is 14.9 Å². The third-order valence-corrected chi connectivity index (χ3v) is 4.89. The van der Waals surface area contributed by atoms with E-state index in [4.69, 9.17) is 4.98 Å². The first-order chi connectivity index (χ1) is 14.7. The van der Waals surface area contributed by atoms with E-state index in [0.717, 1.165) is 22.4 Å². The molecule has 1 amide bonds. The predicted molar refractivity (Wildman–Crippen MR) is 117 cm³/mol. The number of hydrogen-bond donors (Lipinski definition) is 1. The second kappa shape index (κ2) is 9.18. The molecule has 0 radical (unpaired) electrons. The Morgan fingerprint density at radius 3 is 2.53 bits per heavy atom. The summed E-state index contributed by atoms with van der Waals surface area (Å²) in [4.78, 5) is 16.8. The fourth-order valence-corrected chi connectivity index (χ4v) is 3.38. The van der Waals surface area contributed by atoms with Gasteiger partial charge in [0.1, 0.15) is 11.6 Å². The Kier molecular flexibility index (Phi) is 5.99. The first-order valence-corrected chi connectivity index (χ1v) is 9.89. The number of fused-ring (bicyclic) bond motifs is 1. The Hall–Kier alpha value is -3.73. The summed E-state index contributed by atoms with van der Waals surface area (Å²) in [6.45, 7) is 0.836. The van der Waals surface area contributed by atoms with Crippen LogP contribution >= 0.6 is 0 Å². The van der Waals surface area contributed by atoms with Gasteiger partial charge in [-0.1, -0.05) is 60.7 Å². The van der Waals surface area contributed by atoms with Crippen molar-refractivity contribution in [2.24, 2.45) is 0 Å². The Morgan fingerprint density at radius 1 is 0.967 bits per heavy atom. The smallest absolute Gasteiger partial charge is 0.244 e. The predicted octanol–water partition coefficient (Wildman–Crippen LogP) is 4.60. The minimum atomic E-state index is -0.236. The summed E-state index contributed by atoms with van der Waals surface area (Å²) >= 11 is 0. The molecule has 0 aliphatic heterocycles. The van der Waals surface area contributed by atoms with Crippen LogP contribution in [0.25, 0.3) is 17.1 Å². The van der Waals surface area contributed by atoms with Gasteiger partial charge < -0.3 is 9.88 Å². The number of halogens is 1. The molecule has 0 aliphatic carbocycles. The summed E-state index contributed by atoms with van der Waals surface area (Å²) in [6.07, 6.45) is 3.86. The monoisotopic (exact) mass is 399 g/mol. The average Bonchev–Trinajstić information content (AvgIpc) is 3.12. The lowest BCUT2D eigenvalue weighted by Crippen LogP contribution is -2.24. The van der Waals surface area contributed by atoms with Crippen molar-refractivity contribution in [2.75, 3.05) is 6.54 Å². The SMILES string of the molecule is O=C(/C=C/c1ccccc1)NCCc1nc2ccccc2n1Cc1ccccc1F. The molecule has 30 heavy (non-hydrogen) atoms. The molecule has 1 N–H and O–H groups in total. The molecule has 0 spiro atoms. The lowest BCUT2D eigenvalue weighted by Gasteiger charge is -2.10. The van der Waals surface area contributed by atoms with Gasteiger partial charge in [-0.15, -0.1) is 0 Å². The number of carbonyl (C=O) groups excluding carboxylic acids is 1. The molecular formula is C25H22FN3O. The van der Waals surface area contributed by atoms with Crippen LogP contribution < -0.4 is 5.32 Å². The van der Waals surface area contributed by atoms with Crippen molar-refractivity contribution >= 4 is 23.0 Å². The van der Waals surface area contributed by atoms with Crippen molar-refractivity contribution in [3.05, 3.63) is 108 Å². The zero-order valence-corrected chi connectivity index (χ0v) is 16.5. The first kappa shape index (κ1) is 19.6. The zero-order valence-electron chi connectivity index (χ0n) is 16.5. The fourth-order valence-electron chi connectivity index (χ4n) is 3.38. The quantitative estimate of drug-likeness (QED) is 0.462. The number of carbonyl (C=O) groups is 1. The first-order valence-electron chi connectivity index (χ1n) is 9.89. The molecule has 0 saturated carbocycles. The van der Waals surface area contributed by atoms with E-state index < -0.39 is 0 Å². The normalized spacial score (nSPS) is 11.2. The largest absolute Gasteiger partial charge is 0.352 e. The van der Waals surface area contributed by atoms with E-state index in [2.05, 4.69) is 5.32 Å². The Labute approximate surface area is 174 Å². The number of amides is 1. The summed E-state index contributed by atoms with van der Waals surface area (Å²) in [6, 6.07) is 24.2. The molecule has 1 heterocycles. The van der Waals surface area contributed by atoms with Gasteiger partial charge in [-0.2, -0.15) is 0 Å². The van der Waals surface area contributed by atoms with Gasteiger partial charge in [0.25, 0.3) is 0 Å². The number of nitrogens with one attached hydrogen (secondary N) is 1. The van der Waals surface area contributed by atoms with Gasteiger partial charge >= 0.3 is 0 Å². The van der Waals surface area contributed by atoms with Gasteiger partial charge in [0.2, 0.25) is 5.91 Å². The molecule has 4 nitrogen and oxygen atoms in total. The average molecular weight is 399 g/mol. The molecule has 0 saturated heterocycles. The van der Waals surface area contributed by atoms with Gasteiger partial charge in [0.15, 0.2) is 0 Å². The molecule has 0 bridgehead atoms. The molecule has 0 unspecified atom stereocenters. The van der Waals surface area contributed by atoms with Crippen molar-refractivity contribution in [1.29, 1.82) is 0 Å². The molecule has 3 aromatic carbocycles. The Morgan fingerprint density at radius 2 is 1.70 bits per heavy atom. The third-order valence-electron chi connectivity index (χ3n) is 4.89. The highest BCUT2D eigenvalue weighted by molar-refractivity contribution is 5.91. The lowest BCUT2D eigenvalue weighted by atomic mass is 10.2. The van der Waals surface area contributed by atoms with E-state index in [1.165, 1.54) is 12.1 Å². The van der Waals surface area contributed by atoms with Crippen LogP contribution in [0.15, 0.2) is 84.9 Å². The summed E-state index contributed by atoms with van der Waals surface area (Å²) in [5.74, 6) is 0.419. The fraction of sp³-hybridized carbons (Fsp3) is 0.120. The van der Waals surface area contributed by atoms with Gasteiger partial charge in [0, 0.05) is 24.6 Å². The summed E-state index contributed by atoms with van der Waals surface area (Å²) in [5, 5.41) is 2.90. The summed E-state index contributed by atoms with van der Waals surface area (Å²) in [5.41, 5.74) is 3.39. The van der Waals surface area contributed by atoms with Gasteiger partial charge in [-0.05, 0) is 29.8 Å². The maximum absolute atomic E-state index is 14.2. The van der Waals surface area contributed by atoms with E-state index in [-0.39, 0.29) is 11.7 Å². The van der Waals surface area contributed by atoms with E-state index in [9.17, 15) is 9.18 Å². The van der Waals surface area contributed by atoms with Crippen molar-refractivity contribution in [3.8, 4) is 0 Å². The Balaban J connectivity index is 1.47. The van der Waals surface area contributed by atoms with Crippen LogP contribution in [-0.4, -0.2) is 22.0 Å². The van der Waals surface area contributed by atoms with E-state index >= 15 is 0 Å². The molecule has 4 aromatic rings. The zero-order chi connectivity index (χ0) is 20.8. The minimum absolute atomic E-state index is 0.157. The van der Waals surface area contributed by atoms with Crippen LogP contribution in [0.3, 0.4) is 0 Å². The molecule has 0 atom stereocenters. The topological polar surface area (TPSA) is 46.9 Å². The molecule has 5 heteroatoms. The number of hydrogen-bond acceptors (Lipinski definition) is 2. The van der Waals surface area contributed by atoms with Crippen molar-refractivity contribution in [3.63, 3.8) is 0 Å². The van der Waals surface area contributed by atoms with Crippen LogP contribution in [0.2, 0.25) is 0 Å². The van der Waals surface area contributed by atoms with E-state index in [0.29, 0.717) is 25.1 Å². The molecule has 1 aromatic heterocycles. The van der Waals surface area contributed by atoms with Crippen molar-refractivity contribution in [2.45, 2.75) is 13.0 Å². The number of benzene rings is 3. The second-order valence-electron chi connectivity index (χ2n) is 6.98. The number of para-hydroxylation sites is 2. The molecule has 150 valence electrons.